The lowest BCUT2D eigenvalue weighted by atomic mass is 10.1. The molecular weight excluding hydrogens is 338 g/mol. The number of halogens is 2. The molecule has 1 amide bonds. The number of sulfonamides is 1. The first-order chi connectivity index (χ1) is 11.3. The Kier molecular flexibility index (Phi) is 5.50. The Balaban J connectivity index is 2.37. The Bertz CT molecular complexity index is 854. The summed E-state index contributed by atoms with van der Waals surface area (Å²) in [5.74, 6) is -2.43. The zero-order valence-electron chi connectivity index (χ0n) is 12.8. The Morgan fingerprint density at radius 2 is 1.83 bits per heavy atom. The van der Waals surface area contributed by atoms with Crippen molar-refractivity contribution >= 4 is 21.6 Å². The van der Waals surface area contributed by atoms with Crippen LogP contribution in [-0.2, 0) is 10.0 Å². The van der Waals surface area contributed by atoms with Crippen molar-refractivity contribution in [2.75, 3.05) is 11.3 Å². The van der Waals surface area contributed by atoms with Gasteiger partial charge in [-0.1, -0.05) is 19.1 Å². The van der Waals surface area contributed by atoms with Crippen molar-refractivity contribution in [1.29, 1.82) is 0 Å². The van der Waals surface area contributed by atoms with Crippen LogP contribution in [0, 0.1) is 11.6 Å². The number of anilines is 1. The molecule has 2 aromatic carbocycles. The Hall–Kier alpha value is -2.48. The number of nitrogens with one attached hydrogen (secondary N) is 2. The molecular formula is C16H16F2N2O3S. The number of rotatable bonds is 6. The van der Waals surface area contributed by atoms with Gasteiger partial charge in [-0.25, -0.2) is 17.2 Å². The lowest BCUT2D eigenvalue weighted by Gasteiger charge is -2.13. The zero-order valence-corrected chi connectivity index (χ0v) is 13.7. The molecule has 0 aliphatic heterocycles. The molecule has 0 bridgehead atoms. The van der Waals surface area contributed by atoms with Gasteiger partial charge in [0.15, 0.2) is 0 Å². The average molecular weight is 354 g/mol. The van der Waals surface area contributed by atoms with E-state index in [0.29, 0.717) is 19.0 Å². The normalized spacial score (nSPS) is 11.1. The van der Waals surface area contributed by atoms with Gasteiger partial charge < -0.3 is 5.32 Å². The largest absolute Gasteiger partial charge is 0.352 e. The van der Waals surface area contributed by atoms with E-state index in [2.05, 4.69) is 10.0 Å². The summed E-state index contributed by atoms with van der Waals surface area (Å²) in [6.45, 7) is 2.31. The number of hydrogen-bond donors (Lipinski definition) is 2. The van der Waals surface area contributed by atoms with Crippen LogP contribution in [-0.4, -0.2) is 20.9 Å². The molecule has 2 rings (SSSR count). The van der Waals surface area contributed by atoms with Gasteiger partial charge in [-0.2, -0.15) is 0 Å². The van der Waals surface area contributed by atoms with Crippen molar-refractivity contribution in [2.24, 2.45) is 0 Å². The summed E-state index contributed by atoms with van der Waals surface area (Å²) in [6, 6.07) is 8.03. The molecule has 0 heterocycles. The van der Waals surface area contributed by atoms with Gasteiger partial charge in [0.1, 0.15) is 16.5 Å². The van der Waals surface area contributed by atoms with Crippen LogP contribution >= 0.6 is 0 Å². The summed E-state index contributed by atoms with van der Waals surface area (Å²) in [4.78, 5) is 11.3. The van der Waals surface area contributed by atoms with E-state index in [-0.39, 0.29) is 11.3 Å². The number of benzene rings is 2. The van der Waals surface area contributed by atoms with Crippen molar-refractivity contribution in [3.8, 4) is 0 Å². The maximum absolute atomic E-state index is 13.7. The minimum absolute atomic E-state index is 0.0187. The summed E-state index contributed by atoms with van der Waals surface area (Å²) >= 11 is 0. The van der Waals surface area contributed by atoms with Crippen LogP contribution in [0.2, 0.25) is 0 Å². The molecule has 2 aromatic rings. The summed E-state index contributed by atoms with van der Waals surface area (Å²) < 4.78 is 53.7. The molecule has 0 atom stereocenters. The van der Waals surface area contributed by atoms with Gasteiger partial charge in [0.05, 0.1) is 11.3 Å². The molecule has 0 saturated carbocycles. The third-order valence-corrected chi connectivity index (χ3v) is 4.51. The van der Waals surface area contributed by atoms with E-state index in [1.54, 1.807) is 6.07 Å². The fraction of sp³-hybridized carbons (Fsp3) is 0.188. The van der Waals surface area contributed by atoms with Crippen molar-refractivity contribution < 1.29 is 22.0 Å². The van der Waals surface area contributed by atoms with Gasteiger partial charge in [0.2, 0.25) is 0 Å². The van der Waals surface area contributed by atoms with E-state index in [0.717, 1.165) is 12.1 Å². The van der Waals surface area contributed by atoms with Crippen LogP contribution in [0.5, 0.6) is 0 Å². The molecule has 0 aromatic heterocycles. The van der Waals surface area contributed by atoms with Crippen LogP contribution in [0.1, 0.15) is 23.7 Å². The van der Waals surface area contributed by atoms with E-state index in [1.807, 2.05) is 6.92 Å². The third kappa shape index (κ3) is 4.08. The number of hydrogen-bond acceptors (Lipinski definition) is 3. The van der Waals surface area contributed by atoms with Crippen molar-refractivity contribution in [2.45, 2.75) is 18.2 Å². The Labute approximate surface area is 138 Å². The summed E-state index contributed by atoms with van der Waals surface area (Å²) in [7, 11) is -4.39. The minimum atomic E-state index is -4.39. The van der Waals surface area contributed by atoms with E-state index < -0.39 is 32.5 Å². The minimum Gasteiger partial charge on any atom is -0.352 e. The second kappa shape index (κ2) is 7.39. The lowest BCUT2D eigenvalue weighted by molar-refractivity contribution is 0.0954. The zero-order chi connectivity index (χ0) is 17.7. The molecule has 24 heavy (non-hydrogen) atoms. The van der Waals surface area contributed by atoms with Gasteiger partial charge >= 0.3 is 0 Å². The third-order valence-electron chi connectivity index (χ3n) is 3.13. The predicted octanol–water partition coefficient (Wildman–Crippen LogP) is 2.91. The number of para-hydroxylation sites is 1. The number of carbonyl (C=O) groups is 1. The highest BCUT2D eigenvalue weighted by Crippen LogP contribution is 2.22. The molecule has 0 aliphatic rings. The number of amides is 1. The van der Waals surface area contributed by atoms with Gasteiger partial charge in [-0.05, 0) is 36.8 Å². The molecule has 0 aliphatic carbocycles. The standard InChI is InChI=1S/C16H16F2N2O3S/c1-2-9-19-16(21)12-5-3-4-6-14(12)20-24(22,23)15-10-11(17)7-8-13(15)18/h3-8,10,20H,2,9H2,1H3,(H,19,21). The van der Waals surface area contributed by atoms with Gasteiger partial charge in [0.25, 0.3) is 15.9 Å². The molecule has 2 N–H and O–H groups in total. The average Bonchev–Trinajstić information content (AvgIpc) is 2.55. The smallest absolute Gasteiger partial charge is 0.264 e. The first kappa shape index (κ1) is 17.9. The lowest BCUT2D eigenvalue weighted by Crippen LogP contribution is -2.26. The molecule has 128 valence electrons. The van der Waals surface area contributed by atoms with Crippen molar-refractivity contribution in [1.82, 2.24) is 5.32 Å². The summed E-state index contributed by atoms with van der Waals surface area (Å²) in [6.07, 6.45) is 0.716. The molecule has 0 unspecified atom stereocenters. The quantitative estimate of drug-likeness (QED) is 0.838. The Morgan fingerprint density at radius 3 is 2.54 bits per heavy atom. The highest BCUT2D eigenvalue weighted by Gasteiger charge is 2.22. The first-order valence-electron chi connectivity index (χ1n) is 7.20. The van der Waals surface area contributed by atoms with Crippen LogP contribution in [0.15, 0.2) is 47.4 Å². The van der Waals surface area contributed by atoms with Crippen molar-refractivity contribution in [3.05, 3.63) is 59.7 Å². The second-order valence-corrected chi connectivity index (χ2v) is 6.63. The fourth-order valence-electron chi connectivity index (χ4n) is 1.99. The highest BCUT2D eigenvalue weighted by molar-refractivity contribution is 7.92. The maximum Gasteiger partial charge on any atom is 0.264 e. The number of carbonyl (C=O) groups excluding carboxylic acids is 1. The van der Waals surface area contributed by atoms with E-state index in [1.165, 1.54) is 18.2 Å². The van der Waals surface area contributed by atoms with Gasteiger partial charge in [-0.15, -0.1) is 0 Å². The highest BCUT2D eigenvalue weighted by atomic mass is 32.2. The van der Waals surface area contributed by atoms with Crippen LogP contribution in [0.25, 0.3) is 0 Å². The fourth-order valence-corrected chi connectivity index (χ4v) is 3.16. The predicted molar refractivity (Wildman–Crippen MR) is 86.2 cm³/mol. The molecule has 0 radical (unpaired) electrons. The van der Waals surface area contributed by atoms with Gasteiger partial charge in [0, 0.05) is 6.54 Å². The summed E-state index contributed by atoms with van der Waals surface area (Å²) in [5.41, 5.74) is 0.0705. The monoisotopic (exact) mass is 354 g/mol. The topological polar surface area (TPSA) is 75.3 Å². The molecule has 0 spiro atoms. The second-order valence-electron chi connectivity index (χ2n) is 4.98. The van der Waals surface area contributed by atoms with E-state index in [4.69, 9.17) is 0 Å². The van der Waals surface area contributed by atoms with Gasteiger partial charge in [-0.3, -0.25) is 9.52 Å². The molecule has 5 nitrogen and oxygen atoms in total. The molecule has 0 saturated heterocycles. The Morgan fingerprint density at radius 1 is 1.12 bits per heavy atom. The van der Waals surface area contributed by atoms with Crippen LogP contribution in [0.3, 0.4) is 0 Å². The first-order valence-corrected chi connectivity index (χ1v) is 8.68. The van der Waals surface area contributed by atoms with Crippen LogP contribution < -0.4 is 10.0 Å². The molecule has 8 heteroatoms. The maximum atomic E-state index is 13.7. The SMILES string of the molecule is CCCNC(=O)c1ccccc1NS(=O)(=O)c1cc(F)ccc1F. The summed E-state index contributed by atoms with van der Waals surface area (Å²) in [5, 5.41) is 2.63. The van der Waals surface area contributed by atoms with E-state index in [9.17, 15) is 22.0 Å². The molecule has 0 fully saturated rings. The van der Waals surface area contributed by atoms with E-state index >= 15 is 0 Å². The van der Waals surface area contributed by atoms with Crippen LogP contribution in [0.4, 0.5) is 14.5 Å². The van der Waals surface area contributed by atoms with Crippen molar-refractivity contribution in [3.63, 3.8) is 0 Å².